The second-order valence-electron chi connectivity index (χ2n) is 8.97. The van der Waals surface area contributed by atoms with Gasteiger partial charge in [0.05, 0.1) is 0 Å². The van der Waals surface area contributed by atoms with Crippen molar-refractivity contribution in [1.82, 2.24) is 15.1 Å². The SMILES string of the molecule is O=C(NCCc1ccccc1)N1CCC[C@H]2CN3CCc4ccc(Cl)cc4[C@H]3C[C@H]21. The number of urea groups is 1. The molecule has 3 aliphatic rings. The maximum atomic E-state index is 13.1. The highest BCUT2D eigenvalue weighted by Gasteiger charge is 2.43. The summed E-state index contributed by atoms with van der Waals surface area (Å²) >= 11 is 6.34. The van der Waals surface area contributed by atoms with Crippen molar-refractivity contribution < 1.29 is 4.79 Å². The Labute approximate surface area is 184 Å². The van der Waals surface area contributed by atoms with Gasteiger partial charge in [-0.05, 0) is 66.8 Å². The molecular weight excluding hydrogens is 394 g/mol. The monoisotopic (exact) mass is 423 g/mol. The second kappa shape index (κ2) is 8.60. The molecule has 0 unspecified atom stereocenters. The topological polar surface area (TPSA) is 35.6 Å². The first-order chi connectivity index (χ1) is 14.7. The molecule has 2 amide bonds. The van der Waals surface area contributed by atoms with Crippen LogP contribution in [0, 0.1) is 5.92 Å². The molecule has 0 bridgehead atoms. The van der Waals surface area contributed by atoms with Gasteiger partial charge >= 0.3 is 6.03 Å². The quantitative estimate of drug-likeness (QED) is 0.778. The molecule has 0 radical (unpaired) electrons. The van der Waals surface area contributed by atoms with Crippen molar-refractivity contribution >= 4 is 17.6 Å². The van der Waals surface area contributed by atoms with Crippen LogP contribution in [0.2, 0.25) is 5.02 Å². The fourth-order valence-electron chi connectivity index (χ4n) is 5.73. The van der Waals surface area contributed by atoms with Crippen LogP contribution in [0.4, 0.5) is 4.79 Å². The fourth-order valence-corrected chi connectivity index (χ4v) is 5.91. The minimum Gasteiger partial charge on any atom is -0.338 e. The number of piperidine rings is 2. The zero-order chi connectivity index (χ0) is 20.5. The highest BCUT2D eigenvalue weighted by Crippen LogP contribution is 2.43. The molecule has 5 rings (SSSR count). The van der Waals surface area contributed by atoms with E-state index in [1.807, 2.05) is 12.1 Å². The average molecular weight is 424 g/mol. The molecule has 0 aromatic heterocycles. The van der Waals surface area contributed by atoms with Gasteiger partial charge in [-0.3, -0.25) is 4.90 Å². The predicted octanol–water partition coefficient (Wildman–Crippen LogP) is 4.68. The zero-order valence-electron chi connectivity index (χ0n) is 17.4. The van der Waals surface area contributed by atoms with Crippen LogP contribution in [0.3, 0.4) is 0 Å². The van der Waals surface area contributed by atoms with Crippen LogP contribution >= 0.6 is 11.6 Å². The summed E-state index contributed by atoms with van der Waals surface area (Å²) in [5.74, 6) is 0.579. The third-order valence-corrected chi connectivity index (χ3v) is 7.46. The van der Waals surface area contributed by atoms with E-state index in [1.165, 1.54) is 23.1 Å². The molecular formula is C25H30ClN3O. The molecule has 5 heteroatoms. The maximum Gasteiger partial charge on any atom is 0.317 e. The molecule has 4 nitrogen and oxygen atoms in total. The Kier molecular flexibility index (Phi) is 5.70. The van der Waals surface area contributed by atoms with E-state index in [9.17, 15) is 4.79 Å². The standard InChI is InChI=1S/C25H30ClN3O/c26-21-9-8-19-11-14-28-17-20-7-4-13-29(23(20)16-24(28)22(19)15-21)25(30)27-12-10-18-5-2-1-3-6-18/h1-3,5-6,8-9,15,20,23-24H,4,7,10-14,16-17H2,(H,27,30)/t20-,23+,24+/m0/s1. The van der Waals surface area contributed by atoms with E-state index in [0.29, 0.717) is 24.5 Å². The molecule has 1 N–H and O–H groups in total. The zero-order valence-corrected chi connectivity index (χ0v) is 18.2. The average Bonchev–Trinajstić information content (AvgIpc) is 2.78. The number of carbonyl (C=O) groups is 1. The third-order valence-electron chi connectivity index (χ3n) is 7.22. The number of nitrogens with one attached hydrogen (secondary N) is 1. The minimum absolute atomic E-state index is 0.108. The molecule has 0 saturated carbocycles. The maximum absolute atomic E-state index is 13.1. The summed E-state index contributed by atoms with van der Waals surface area (Å²) in [5.41, 5.74) is 4.06. The van der Waals surface area contributed by atoms with Crippen molar-refractivity contribution in [3.05, 3.63) is 70.2 Å². The normalized spacial score (nSPS) is 25.8. The highest BCUT2D eigenvalue weighted by atomic mass is 35.5. The van der Waals surface area contributed by atoms with Crippen molar-refractivity contribution in [2.75, 3.05) is 26.2 Å². The van der Waals surface area contributed by atoms with Gasteiger partial charge in [-0.15, -0.1) is 0 Å². The van der Waals surface area contributed by atoms with E-state index in [4.69, 9.17) is 11.6 Å². The van der Waals surface area contributed by atoms with E-state index in [2.05, 4.69) is 51.5 Å². The van der Waals surface area contributed by atoms with E-state index in [1.54, 1.807) is 0 Å². The number of likely N-dealkylation sites (tertiary alicyclic amines) is 1. The number of hydrogen-bond acceptors (Lipinski definition) is 2. The van der Waals surface area contributed by atoms with Gasteiger partial charge in [0, 0.05) is 43.3 Å². The predicted molar refractivity (Wildman–Crippen MR) is 121 cm³/mol. The summed E-state index contributed by atoms with van der Waals surface area (Å²) in [6.07, 6.45) is 5.32. The Bertz CT molecular complexity index is 903. The van der Waals surface area contributed by atoms with Crippen molar-refractivity contribution in [1.29, 1.82) is 0 Å². The van der Waals surface area contributed by atoms with Gasteiger partial charge < -0.3 is 10.2 Å². The summed E-state index contributed by atoms with van der Waals surface area (Å²) in [7, 11) is 0. The number of fused-ring (bicyclic) bond motifs is 4. The first-order valence-corrected chi connectivity index (χ1v) is 11.7. The number of amides is 2. The Hall–Kier alpha value is -2.04. The van der Waals surface area contributed by atoms with Crippen LogP contribution in [0.15, 0.2) is 48.5 Å². The first-order valence-electron chi connectivity index (χ1n) is 11.3. The van der Waals surface area contributed by atoms with E-state index < -0.39 is 0 Å². The summed E-state index contributed by atoms with van der Waals surface area (Å²) in [4.78, 5) is 17.9. The van der Waals surface area contributed by atoms with Gasteiger partial charge in [0.25, 0.3) is 0 Å². The lowest BCUT2D eigenvalue weighted by Gasteiger charge is -2.52. The second-order valence-corrected chi connectivity index (χ2v) is 9.41. The summed E-state index contributed by atoms with van der Waals surface area (Å²) in [6.45, 7) is 3.76. The van der Waals surface area contributed by atoms with Gasteiger partial charge in [0.2, 0.25) is 0 Å². The van der Waals surface area contributed by atoms with Gasteiger partial charge in [-0.25, -0.2) is 4.79 Å². The van der Waals surface area contributed by atoms with Crippen LogP contribution in [0.25, 0.3) is 0 Å². The van der Waals surface area contributed by atoms with Crippen LogP contribution in [-0.4, -0.2) is 48.1 Å². The summed E-state index contributed by atoms with van der Waals surface area (Å²) in [5, 5.41) is 4.00. The van der Waals surface area contributed by atoms with Crippen LogP contribution < -0.4 is 5.32 Å². The molecule has 3 atom stereocenters. The highest BCUT2D eigenvalue weighted by molar-refractivity contribution is 6.30. The third kappa shape index (κ3) is 3.95. The first kappa shape index (κ1) is 19.9. The Morgan fingerprint density at radius 2 is 2.00 bits per heavy atom. The molecule has 2 saturated heterocycles. The molecule has 158 valence electrons. The molecule has 0 aliphatic carbocycles. The molecule has 3 aliphatic heterocycles. The molecule has 2 aromatic carbocycles. The molecule has 2 fully saturated rings. The lowest BCUT2D eigenvalue weighted by Crippen LogP contribution is -2.59. The molecule has 3 heterocycles. The van der Waals surface area contributed by atoms with Crippen LogP contribution in [-0.2, 0) is 12.8 Å². The Morgan fingerprint density at radius 3 is 2.87 bits per heavy atom. The minimum atomic E-state index is 0.108. The van der Waals surface area contributed by atoms with Crippen molar-refractivity contribution in [3.63, 3.8) is 0 Å². The van der Waals surface area contributed by atoms with Gasteiger partial charge in [0.15, 0.2) is 0 Å². The lowest BCUT2D eigenvalue weighted by molar-refractivity contribution is 0.00579. The lowest BCUT2D eigenvalue weighted by atomic mass is 9.77. The number of benzene rings is 2. The Morgan fingerprint density at radius 1 is 1.13 bits per heavy atom. The van der Waals surface area contributed by atoms with Crippen LogP contribution in [0.5, 0.6) is 0 Å². The largest absolute Gasteiger partial charge is 0.338 e. The smallest absolute Gasteiger partial charge is 0.317 e. The Balaban J connectivity index is 1.28. The van der Waals surface area contributed by atoms with Gasteiger partial charge in [-0.2, -0.15) is 0 Å². The molecule has 0 spiro atoms. The van der Waals surface area contributed by atoms with Gasteiger partial charge in [0.1, 0.15) is 0 Å². The van der Waals surface area contributed by atoms with Gasteiger partial charge in [-0.1, -0.05) is 48.0 Å². The number of halogens is 1. The van der Waals surface area contributed by atoms with Crippen LogP contribution in [0.1, 0.15) is 42.0 Å². The molecule has 2 aromatic rings. The van der Waals surface area contributed by atoms with Crippen molar-refractivity contribution in [2.45, 2.75) is 44.2 Å². The van der Waals surface area contributed by atoms with E-state index in [0.717, 1.165) is 50.3 Å². The number of hydrogen-bond donors (Lipinski definition) is 1. The summed E-state index contributed by atoms with van der Waals surface area (Å²) < 4.78 is 0. The molecule has 30 heavy (non-hydrogen) atoms. The van der Waals surface area contributed by atoms with E-state index >= 15 is 0 Å². The summed E-state index contributed by atoms with van der Waals surface area (Å²) in [6, 6.07) is 17.5. The fraction of sp³-hybridized carbons (Fsp3) is 0.480. The van der Waals surface area contributed by atoms with E-state index in [-0.39, 0.29) is 6.03 Å². The van der Waals surface area contributed by atoms with Crippen molar-refractivity contribution in [2.24, 2.45) is 5.92 Å². The number of nitrogens with zero attached hydrogens (tertiary/aromatic N) is 2. The van der Waals surface area contributed by atoms with Crippen molar-refractivity contribution in [3.8, 4) is 0 Å². The number of carbonyl (C=O) groups excluding carboxylic acids is 1. The number of rotatable bonds is 3.